The van der Waals surface area contributed by atoms with Crippen molar-refractivity contribution in [1.82, 2.24) is 0 Å². The van der Waals surface area contributed by atoms with Crippen molar-refractivity contribution in [1.29, 1.82) is 0 Å². The lowest BCUT2D eigenvalue weighted by atomic mass is 9.65. The van der Waals surface area contributed by atoms with Crippen LogP contribution in [0.5, 0.6) is 23.0 Å². The molecule has 0 amide bonds. The average Bonchev–Trinajstić information content (AvgIpc) is 3.07. The summed E-state index contributed by atoms with van der Waals surface area (Å²) in [6, 6.07) is 29.4. The van der Waals surface area contributed by atoms with Gasteiger partial charge >= 0.3 is 0 Å². The molecule has 4 aromatic carbocycles. The van der Waals surface area contributed by atoms with Crippen LogP contribution in [0.25, 0.3) is 0 Å². The maximum atomic E-state index is 5.93. The first kappa shape index (κ1) is 32.4. The van der Waals surface area contributed by atoms with Gasteiger partial charge in [0.1, 0.15) is 17.2 Å². The smallest absolute Gasteiger partial charge is 0.232 e. The molecule has 0 spiro atoms. The van der Waals surface area contributed by atoms with Crippen molar-refractivity contribution >= 4 is 0 Å². The van der Waals surface area contributed by atoms with Crippen molar-refractivity contribution in [2.45, 2.75) is 70.6 Å². The maximum Gasteiger partial charge on any atom is 0.232 e. The van der Waals surface area contributed by atoms with Gasteiger partial charge in [-0.3, -0.25) is 0 Å². The average molecular weight is 611 g/mol. The summed E-state index contributed by atoms with van der Waals surface area (Å²) < 4.78 is 22.0. The Bertz CT molecular complexity index is 1540. The van der Waals surface area contributed by atoms with E-state index in [1.807, 2.05) is 36.4 Å². The van der Waals surface area contributed by atoms with E-state index in [0.29, 0.717) is 5.75 Å². The Morgan fingerprint density at radius 2 is 1.18 bits per heavy atom. The Balaban J connectivity index is 1.19. The van der Waals surface area contributed by atoms with Gasteiger partial charge in [-0.05, 0) is 96.5 Å². The van der Waals surface area contributed by atoms with Gasteiger partial charge in [-0.2, -0.15) is 0 Å². The minimum absolute atomic E-state index is 0.0228. The number of ether oxygens (including phenoxy) is 4. The molecular formula is C39H46O6. The lowest BCUT2D eigenvalue weighted by Crippen LogP contribution is -2.30. The molecule has 0 aliphatic heterocycles. The molecule has 0 saturated heterocycles. The summed E-state index contributed by atoms with van der Waals surface area (Å²) in [6.45, 7) is 8.81. The first-order valence-electron chi connectivity index (χ1n) is 15.8. The normalized spacial score (nSPS) is 14.5. The molecule has 5 rings (SSSR count). The van der Waals surface area contributed by atoms with E-state index in [1.165, 1.54) is 41.5 Å². The van der Waals surface area contributed by atoms with Crippen LogP contribution in [-0.2, 0) is 20.5 Å². The topological polar surface area (TPSA) is 55.4 Å². The Kier molecular flexibility index (Phi) is 10.4. The minimum Gasteiger partial charge on any atom is -0.496 e. The van der Waals surface area contributed by atoms with E-state index in [2.05, 4.69) is 76.2 Å². The van der Waals surface area contributed by atoms with Crippen molar-refractivity contribution in [2.75, 3.05) is 27.8 Å². The van der Waals surface area contributed by atoms with Crippen molar-refractivity contribution in [3.63, 3.8) is 0 Å². The fourth-order valence-corrected chi connectivity index (χ4v) is 6.54. The van der Waals surface area contributed by atoms with Gasteiger partial charge in [0.15, 0.2) is 12.5 Å². The van der Waals surface area contributed by atoms with E-state index in [1.54, 1.807) is 14.2 Å². The molecule has 45 heavy (non-hydrogen) atoms. The lowest BCUT2D eigenvalue weighted by molar-refractivity contribution is -0.246. The monoisotopic (exact) mass is 610 g/mol. The second-order valence-electron chi connectivity index (χ2n) is 12.5. The fraction of sp³-hybridized carbons (Fsp3) is 0.385. The summed E-state index contributed by atoms with van der Waals surface area (Å²) in [7, 11) is 3.33. The number of methoxy groups -OCH3 is 2. The maximum absolute atomic E-state index is 5.93. The molecule has 1 saturated carbocycles. The van der Waals surface area contributed by atoms with Crippen LogP contribution < -0.4 is 19.1 Å². The molecule has 0 unspecified atom stereocenters. The summed E-state index contributed by atoms with van der Waals surface area (Å²) in [6.07, 6.45) is 5.92. The van der Waals surface area contributed by atoms with Gasteiger partial charge in [0.05, 0.1) is 7.11 Å². The first-order valence-corrected chi connectivity index (χ1v) is 15.8. The Morgan fingerprint density at radius 3 is 1.71 bits per heavy atom. The van der Waals surface area contributed by atoms with E-state index in [-0.39, 0.29) is 24.4 Å². The second-order valence-corrected chi connectivity index (χ2v) is 12.5. The lowest BCUT2D eigenvalue weighted by Gasteiger charge is -2.38. The van der Waals surface area contributed by atoms with E-state index in [0.717, 1.165) is 41.2 Å². The van der Waals surface area contributed by atoms with Gasteiger partial charge in [-0.1, -0.05) is 81.6 Å². The molecule has 238 valence electrons. The third-order valence-corrected chi connectivity index (χ3v) is 9.30. The van der Waals surface area contributed by atoms with Crippen molar-refractivity contribution in [2.24, 2.45) is 0 Å². The van der Waals surface area contributed by atoms with Crippen LogP contribution in [0.3, 0.4) is 0 Å². The third kappa shape index (κ3) is 7.29. The molecule has 0 aromatic heterocycles. The molecule has 0 atom stereocenters. The SMILES string of the molecule is COCOc1ccc(C2(c3ccc(OOCOc4ccc(C(C)(C)c5ccc(OC)c(C)c5)cc4C)cc3)CCCCC2)cc1. The molecular weight excluding hydrogens is 564 g/mol. The predicted molar refractivity (Wildman–Crippen MR) is 177 cm³/mol. The minimum atomic E-state index is -0.176. The third-order valence-electron chi connectivity index (χ3n) is 9.30. The summed E-state index contributed by atoms with van der Waals surface area (Å²) in [4.78, 5) is 11.1. The molecule has 4 aromatic rings. The van der Waals surface area contributed by atoms with Gasteiger partial charge in [0.2, 0.25) is 6.79 Å². The molecule has 6 heteroatoms. The first-order chi connectivity index (χ1) is 21.8. The fourth-order valence-electron chi connectivity index (χ4n) is 6.54. The molecule has 1 aliphatic carbocycles. The second kappa shape index (κ2) is 14.4. The number of benzene rings is 4. The number of rotatable bonds is 13. The zero-order valence-corrected chi connectivity index (χ0v) is 27.5. The molecule has 6 nitrogen and oxygen atoms in total. The Hall–Kier alpha value is -4.00. The van der Waals surface area contributed by atoms with Gasteiger partial charge in [-0.25, -0.2) is 0 Å². The zero-order valence-electron chi connectivity index (χ0n) is 27.5. The van der Waals surface area contributed by atoms with Crippen molar-refractivity contribution < 1.29 is 28.7 Å². The van der Waals surface area contributed by atoms with Crippen molar-refractivity contribution in [3.05, 3.63) is 118 Å². The van der Waals surface area contributed by atoms with Crippen LogP contribution in [0.15, 0.2) is 84.9 Å². The summed E-state index contributed by atoms with van der Waals surface area (Å²) in [5.41, 5.74) is 7.01. The largest absolute Gasteiger partial charge is 0.496 e. The summed E-state index contributed by atoms with van der Waals surface area (Å²) in [5, 5.41) is 0. The molecule has 0 bridgehead atoms. The van der Waals surface area contributed by atoms with Gasteiger partial charge < -0.3 is 23.8 Å². The van der Waals surface area contributed by atoms with Gasteiger partial charge in [-0.15, -0.1) is 4.89 Å². The van der Waals surface area contributed by atoms with Crippen LogP contribution in [0, 0.1) is 13.8 Å². The van der Waals surface area contributed by atoms with Crippen LogP contribution in [0.1, 0.15) is 79.3 Å². The number of hydrogen-bond donors (Lipinski definition) is 0. The highest BCUT2D eigenvalue weighted by Gasteiger charge is 2.35. The highest BCUT2D eigenvalue weighted by Crippen LogP contribution is 2.45. The van der Waals surface area contributed by atoms with Crippen LogP contribution >= 0.6 is 0 Å². The zero-order chi connectivity index (χ0) is 31.9. The van der Waals surface area contributed by atoms with E-state index < -0.39 is 0 Å². The van der Waals surface area contributed by atoms with E-state index in [9.17, 15) is 0 Å². The summed E-state index contributed by atoms with van der Waals surface area (Å²) >= 11 is 0. The van der Waals surface area contributed by atoms with E-state index >= 15 is 0 Å². The van der Waals surface area contributed by atoms with Crippen molar-refractivity contribution in [3.8, 4) is 23.0 Å². The van der Waals surface area contributed by atoms with E-state index in [4.69, 9.17) is 28.7 Å². The molecule has 1 aliphatic rings. The number of aryl methyl sites for hydroxylation is 2. The quantitative estimate of drug-likeness (QED) is 0.0651. The highest BCUT2D eigenvalue weighted by molar-refractivity contribution is 5.47. The highest BCUT2D eigenvalue weighted by atomic mass is 17.2. The molecule has 1 fully saturated rings. The van der Waals surface area contributed by atoms with Gasteiger partial charge in [0, 0.05) is 17.9 Å². The Morgan fingerprint density at radius 1 is 0.622 bits per heavy atom. The molecule has 0 radical (unpaired) electrons. The standard InChI is InChI=1S/C39H46O6/c1-28-24-32(14-20-36(28)41-6)38(3,4)33-15-21-37(29(2)25-33)43-27-44-45-35-18-12-31(13-19-35)39(22-8-7-9-23-39)30-10-16-34(17-11-30)42-26-40-5/h10-21,24-25H,7-9,22-23,26-27H2,1-6H3. The number of hydrogen-bond acceptors (Lipinski definition) is 6. The Labute approximate surface area is 268 Å². The summed E-state index contributed by atoms with van der Waals surface area (Å²) in [5.74, 6) is 3.11. The molecule has 0 heterocycles. The van der Waals surface area contributed by atoms with Crippen LogP contribution in [0.4, 0.5) is 0 Å². The molecule has 0 N–H and O–H groups in total. The van der Waals surface area contributed by atoms with Crippen LogP contribution in [0.2, 0.25) is 0 Å². The predicted octanol–water partition coefficient (Wildman–Crippen LogP) is 9.22. The van der Waals surface area contributed by atoms with Crippen LogP contribution in [-0.4, -0.2) is 27.8 Å². The van der Waals surface area contributed by atoms with Gasteiger partial charge in [0.25, 0.3) is 0 Å².